The Morgan fingerprint density at radius 2 is 2.12 bits per heavy atom. The third kappa shape index (κ3) is 3.11. The van der Waals surface area contributed by atoms with Crippen molar-refractivity contribution >= 4 is 29.1 Å². The average molecular weight is 264 g/mol. The highest BCUT2D eigenvalue weighted by Crippen LogP contribution is 2.28. The Morgan fingerprint density at radius 3 is 2.82 bits per heavy atom. The van der Waals surface area contributed by atoms with Gasteiger partial charge in [-0.05, 0) is 23.1 Å². The van der Waals surface area contributed by atoms with Crippen LogP contribution >= 0.6 is 23.1 Å². The maximum absolute atomic E-state index is 11.6. The Labute approximate surface area is 109 Å². The van der Waals surface area contributed by atoms with Crippen LogP contribution < -0.4 is 0 Å². The summed E-state index contributed by atoms with van der Waals surface area (Å²) in [4.78, 5) is 11.6. The number of hydrogen-bond donors (Lipinski definition) is 0. The monoisotopic (exact) mass is 264 g/mol. The van der Waals surface area contributed by atoms with E-state index in [-0.39, 0.29) is 5.97 Å². The zero-order valence-corrected chi connectivity index (χ0v) is 11.0. The molecule has 88 valence electrons. The highest BCUT2D eigenvalue weighted by atomic mass is 32.2. The summed E-state index contributed by atoms with van der Waals surface area (Å²) in [5.74, 6) is 0.513. The molecule has 1 aromatic heterocycles. The number of rotatable bonds is 4. The van der Waals surface area contributed by atoms with Gasteiger partial charge in [-0.25, -0.2) is 4.79 Å². The highest BCUT2D eigenvalue weighted by Gasteiger charge is 2.10. The smallest absolute Gasteiger partial charge is 0.338 e. The molecule has 0 aliphatic carbocycles. The van der Waals surface area contributed by atoms with E-state index in [0.717, 1.165) is 11.3 Å². The minimum Gasteiger partial charge on any atom is -0.465 e. The second-order valence-corrected chi connectivity index (χ2v) is 5.59. The molecule has 0 saturated heterocycles. The molecule has 0 amide bonds. The summed E-state index contributed by atoms with van der Waals surface area (Å²) in [6, 6.07) is 11.7. The molecule has 0 fully saturated rings. The first-order valence-electron chi connectivity index (χ1n) is 5.14. The minimum atomic E-state index is -0.271. The lowest BCUT2D eigenvalue weighted by Gasteiger charge is -2.06. The van der Waals surface area contributed by atoms with Crippen LogP contribution in [0.4, 0.5) is 0 Å². The van der Waals surface area contributed by atoms with Crippen molar-refractivity contribution in [2.24, 2.45) is 0 Å². The van der Waals surface area contributed by atoms with Gasteiger partial charge in [-0.1, -0.05) is 24.3 Å². The molecule has 17 heavy (non-hydrogen) atoms. The molecule has 0 bridgehead atoms. The Morgan fingerprint density at radius 1 is 1.29 bits per heavy atom. The van der Waals surface area contributed by atoms with Crippen LogP contribution in [0.15, 0.2) is 46.0 Å². The van der Waals surface area contributed by atoms with E-state index in [4.69, 9.17) is 4.74 Å². The molecule has 2 nitrogen and oxygen atoms in total. The number of methoxy groups -OCH3 is 1. The van der Waals surface area contributed by atoms with E-state index >= 15 is 0 Å². The molecule has 0 N–H and O–H groups in total. The normalized spacial score (nSPS) is 10.2. The maximum atomic E-state index is 11.6. The van der Waals surface area contributed by atoms with Gasteiger partial charge in [-0.3, -0.25) is 0 Å². The maximum Gasteiger partial charge on any atom is 0.338 e. The minimum absolute atomic E-state index is 0.271. The molecule has 0 radical (unpaired) electrons. The molecular formula is C13H12O2S2. The summed E-state index contributed by atoms with van der Waals surface area (Å²) in [6.07, 6.45) is 0. The van der Waals surface area contributed by atoms with Crippen molar-refractivity contribution in [1.29, 1.82) is 0 Å². The summed E-state index contributed by atoms with van der Waals surface area (Å²) in [5.41, 5.74) is 1.66. The second-order valence-electron chi connectivity index (χ2n) is 3.37. The standard InChI is InChI=1S/C13H12O2S2/c1-15-13(14)11-6-3-2-5-10(11)9-17-12-7-4-8-16-12/h2-8H,9H2,1H3. The van der Waals surface area contributed by atoms with Gasteiger partial charge in [0.2, 0.25) is 0 Å². The lowest BCUT2D eigenvalue weighted by molar-refractivity contribution is 0.0600. The largest absolute Gasteiger partial charge is 0.465 e. The van der Waals surface area contributed by atoms with Gasteiger partial charge in [0.05, 0.1) is 16.9 Å². The van der Waals surface area contributed by atoms with E-state index in [1.165, 1.54) is 11.3 Å². The molecule has 0 aliphatic rings. The molecule has 0 aliphatic heterocycles. The number of carbonyl (C=O) groups excluding carboxylic acids is 1. The van der Waals surface area contributed by atoms with Crippen LogP contribution in [-0.2, 0) is 10.5 Å². The fourth-order valence-electron chi connectivity index (χ4n) is 1.45. The lowest BCUT2D eigenvalue weighted by atomic mass is 10.1. The first-order valence-corrected chi connectivity index (χ1v) is 7.00. The molecular weight excluding hydrogens is 252 g/mol. The second kappa shape index (κ2) is 5.89. The molecule has 1 heterocycles. The van der Waals surface area contributed by atoms with Crippen LogP contribution in [0, 0.1) is 0 Å². The van der Waals surface area contributed by atoms with Crippen LogP contribution in [0.25, 0.3) is 0 Å². The van der Waals surface area contributed by atoms with E-state index in [1.807, 2.05) is 24.3 Å². The van der Waals surface area contributed by atoms with Gasteiger partial charge in [-0.15, -0.1) is 23.1 Å². The van der Waals surface area contributed by atoms with Crippen LogP contribution in [0.5, 0.6) is 0 Å². The summed E-state index contributed by atoms with van der Waals surface area (Å²) < 4.78 is 6.02. The molecule has 0 saturated carbocycles. The van der Waals surface area contributed by atoms with Crippen molar-refractivity contribution in [2.75, 3.05) is 7.11 Å². The van der Waals surface area contributed by atoms with Crippen LogP contribution in [0.2, 0.25) is 0 Å². The molecule has 0 atom stereocenters. The first kappa shape index (κ1) is 12.2. The summed E-state index contributed by atoms with van der Waals surface area (Å²) >= 11 is 3.44. The van der Waals surface area contributed by atoms with E-state index in [1.54, 1.807) is 29.2 Å². The van der Waals surface area contributed by atoms with Crippen molar-refractivity contribution in [3.63, 3.8) is 0 Å². The van der Waals surface area contributed by atoms with Gasteiger partial charge < -0.3 is 4.74 Å². The predicted molar refractivity (Wildman–Crippen MR) is 71.7 cm³/mol. The predicted octanol–water partition coefficient (Wildman–Crippen LogP) is 3.83. The lowest BCUT2D eigenvalue weighted by Crippen LogP contribution is -2.04. The topological polar surface area (TPSA) is 26.3 Å². The number of benzene rings is 1. The number of ether oxygens (including phenoxy) is 1. The Balaban J connectivity index is 2.12. The van der Waals surface area contributed by atoms with Gasteiger partial charge in [0, 0.05) is 5.75 Å². The Bertz CT molecular complexity index is 492. The zero-order chi connectivity index (χ0) is 12.1. The third-order valence-electron chi connectivity index (χ3n) is 2.29. The van der Waals surface area contributed by atoms with Crippen molar-refractivity contribution in [3.05, 3.63) is 52.9 Å². The summed E-state index contributed by atoms with van der Waals surface area (Å²) in [7, 11) is 1.41. The van der Waals surface area contributed by atoms with Crippen molar-refractivity contribution in [2.45, 2.75) is 9.96 Å². The molecule has 2 rings (SSSR count). The number of carbonyl (C=O) groups is 1. The van der Waals surface area contributed by atoms with Gasteiger partial charge in [0.1, 0.15) is 0 Å². The van der Waals surface area contributed by atoms with E-state index in [0.29, 0.717) is 5.56 Å². The SMILES string of the molecule is COC(=O)c1ccccc1CSc1cccs1. The summed E-state index contributed by atoms with van der Waals surface area (Å²) in [6.45, 7) is 0. The number of thiophene rings is 1. The molecule has 1 aromatic carbocycles. The van der Waals surface area contributed by atoms with Crippen LogP contribution in [0.1, 0.15) is 15.9 Å². The average Bonchev–Trinajstić information content (AvgIpc) is 2.89. The fourth-order valence-corrected chi connectivity index (χ4v) is 3.24. The summed E-state index contributed by atoms with van der Waals surface area (Å²) in [5, 5.41) is 2.05. The molecule has 2 aromatic rings. The van der Waals surface area contributed by atoms with Gasteiger partial charge >= 0.3 is 5.97 Å². The van der Waals surface area contributed by atoms with E-state index in [2.05, 4.69) is 11.4 Å². The van der Waals surface area contributed by atoms with Crippen molar-refractivity contribution < 1.29 is 9.53 Å². The molecule has 0 unspecified atom stereocenters. The van der Waals surface area contributed by atoms with Crippen molar-refractivity contribution in [3.8, 4) is 0 Å². The number of thioether (sulfide) groups is 1. The number of hydrogen-bond acceptors (Lipinski definition) is 4. The van der Waals surface area contributed by atoms with E-state index in [9.17, 15) is 4.79 Å². The fraction of sp³-hybridized carbons (Fsp3) is 0.154. The van der Waals surface area contributed by atoms with Crippen LogP contribution in [-0.4, -0.2) is 13.1 Å². The molecule has 4 heteroatoms. The highest BCUT2D eigenvalue weighted by molar-refractivity contribution is 8.00. The van der Waals surface area contributed by atoms with E-state index < -0.39 is 0 Å². The third-order valence-corrected chi connectivity index (χ3v) is 4.47. The quantitative estimate of drug-likeness (QED) is 0.620. The van der Waals surface area contributed by atoms with Gasteiger partial charge in [0.25, 0.3) is 0 Å². The Kier molecular flexibility index (Phi) is 4.23. The van der Waals surface area contributed by atoms with Crippen molar-refractivity contribution in [1.82, 2.24) is 0 Å². The Hall–Kier alpha value is -1.26. The van der Waals surface area contributed by atoms with Gasteiger partial charge in [0.15, 0.2) is 0 Å². The zero-order valence-electron chi connectivity index (χ0n) is 9.38. The number of esters is 1. The molecule has 0 spiro atoms. The van der Waals surface area contributed by atoms with Gasteiger partial charge in [-0.2, -0.15) is 0 Å². The van der Waals surface area contributed by atoms with Crippen LogP contribution in [0.3, 0.4) is 0 Å². The first-order chi connectivity index (χ1) is 8.31.